The SMILES string of the molecule is CCNC(=NCCc1c(C)noc1C)NC(C)Cc1c(C)nn(C)c1C.I. The lowest BCUT2D eigenvalue weighted by molar-refractivity contribution is 0.392. The number of aliphatic imine (C=N–C) groups is 1. The first-order valence-electron chi connectivity index (χ1n) is 9.29. The fourth-order valence-corrected chi connectivity index (χ4v) is 3.16. The van der Waals surface area contributed by atoms with Gasteiger partial charge < -0.3 is 15.2 Å². The van der Waals surface area contributed by atoms with Crippen molar-refractivity contribution < 1.29 is 4.52 Å². The first-order chi connectivity index (χ1) is 12.3. The molecule has 0 bridgehead atoms. The van der Waals surface area contributed by atoms with Crippen LogP contribution in [0.4, 0.5) is 0 Å². The van der Waals surface area contributed by atoms with E-state index in [0.717, 1.165) is 48.1 Å². The Morgan fingerprint density at radius 3 is 2.41 bits per heavy atom. The highest BCUT2D eigenvalue weighted by atomic mass is 127. The molecule has 27 heavy (non-hydrogen) atoms. The van der Waals surface area contributed by atoms with Crippen LogP contribution in [0.25, 0.3) is 0 Å². The van der Waals surface area contributed by atoms with Crippen molar-refractivity contribution in [3.8, 4) is 0 Å². The first-order valence-corrected chi connectivity index (χ1v) is 9.29. The van der Waals surface area contributed by atoms with E-state index in [9.17, 15) is 0 Å². The van der Waals surface area contributed by atoms with Crippen molar-refractivity contribution >= 4 is 29.9 Å². The molecule has 152 valence electrons. The number of hydrogen-bond donors (Lipinski definition) is 2. The molecule has 8 heteroatoms. The molecule has 0 saturated heterocycles. The molecule has 2 N–H and O–H groups in total. The average Bonchev–Trinajstić information content (AvgIpc) is 3.02. The van der Waals surface area contributed by atoms with Gasteiger partial charge in [0.2, 0.25) is 0 Å². The van der Waals surface area contributed by atoms with Gasteiger partial charge in [-0.1, -0.05) is 5.16 Å². The highest BCUT2D eigenvalue weighted by Crippen LogP contribution is 2.14. The van der Waals surface area contributed by atoms with Crippen LogP contribution in [-0.4, -0.2) is 40.0 Å². The normalized spacial score (nSPS) is 12.6. The van der Waals surface area contributed by atoms with Crippen LogP contribution in [0.15, 0.2) is 9.52 Å². The standard InChI is InChI=1S/C19H32N6O.HI/c1-8-20-19(21-10-9-17-14(4)24-26-16(17)6)22-12(2)11-18-13(3)23-25(7)15(18)5;/h12H,8-11H2,1-7H3,(H2,20,21,22);1H. The van der Waals surface area contributed by atoms with Crippen LogP contribution >= 0.6 is 24.0 Å². The van der Waals surface area contributed by atoms with Crippen LogP contribution in [0.2, 0.25) is 0 Å². The molecular formula is C19H33IN6O. The third-order valence-corrected chi connectivity index (χ3v) is 4.71. The molecule has 2 aromatic rings. The van der Waals surface area contributed by atoms with Gasteiger partial charge in [0.25, 0.3) is 0 Å². The molecule has 0 spiro atoms. The number of aromatic nitrogens is 3. The highest BCUT2D eigenvalue weighted by Gasteiger charge is 2.14. The average molecular weight is 488 g/mol. The summed E-state index contributed by atoms with van der Waals surface area (Å²) in [6.45, 7) is 13.9. The van der Waals surface area contributed by atoms with Gasteiger partial charge in [0.15, 0.2) is 5.96 Å². The van der Waals surface area contributed by atoms with E-state index in [-0.39, 0.29) is 30.0 Å². The summed E-state index contributed by atoms with van der Waals surface area (Å²) in [6, 6.07) is 0.258. The van der Waals surface area contributed by atoms with Gasteiger partial charge in [-0.05, 0) is 59.9 Å². The fourth-order valence-electron chi connectivity index (χ4n) is 3.16. The molecule has 2 rings (SSSR count). The Labute approximate surface area is 179 Å². The van der Waals surface area contributed by atoms with Crippen molar-refractivity contribution in [3.63, 3.8) is 0 Å². The summed E-state index contributed by atoms with van der Waals surface area (Å²) in [5, 5.41) is 15.3. The summed E-state index contributed by atoms with van der Waals surface area (Å²) in [4.78, 5) is 4.71. The zero-order valence-corrected chi connectivity index (χ0v) is 19.8. The lowest BCUT2D eigenvalue weighted by Crippen LogP contribution is -2.43. The van der Waals surface area contributed by atoms with E-state index in [2.05, 4.69) is 48.6 Å². The summed E-state index contributed by atoms with van der Waals surface area (Å²) >= 11 is 0. The molecule has 0 aliphatic heterocycles. The van der Waals surface area contributed by atoms with Crippen molar-refractivity contribution in [2.45, 2.75) is 60.4 Å². The Morgan fingerprint density at radius 1 is 1.19 bits per heavy atom. The number of guanidine groups is 1. The second-order valence-corrected chi connectivity index (χ2v) is 6.84. The van der Waals surface area contributed by atoms with Crippen LogP contribution in [0.5, 0.6) is 0 Å². The van der Waals surface area contributed by atoms with Crippen LogP contribution in [0.3, 0.4) is 0 Å². The zero-order chi connectivity index (χ0) is 19.3. The summed E-state index contributed by atoms with van der Waals surface area (Å²) in [6.07, 6.45) is 1.74. The maximum Gasteiger partial charge on any atom is 0.191 e. The molecule has 0 aliphatic rings. The molecule has 0 aliphatic carbocycles. The Balaban J connectivity index is 0.00000364. The molecule has 1 unspecified atom stereocenters. The van der Waals surface area contributed by atoms with Crippen LogP contribution in [0, 0.1) is 27.7 Å². The van der Waals surface area contributed by atoms with Crippen molar-refractivity contribution in [1.82, 2.24) is 25.6 Å². The maximum absolute atomic E-state index is 5.22. The quantitative estimate of drug-likeness (QED) is 0.356. The molecule has 2 aromatic heterocycles. The van der Waals surface area contributed by atoms with Crippen LogP contribution < -0.4 is 10.6 Å². The molecule has 0 radical (unpaired) electrons. The van der Waals surface area contributed by atoms with Gasteiger partial charge in [-0.25, -0.2) is 0 Å². The second kappa shape index (κ2) is 10.7. The van der Waals surface area contributed by atoms with Gasteiger partial charge in [0.05, 0.1) is 11.4 Å². The van der Waals surface area contributed by atoms with Crippen molar-refractivity contribution in [2.24, 2.45) is 12.0 Å². The molecule has 0 aromatic carbocycles. The van der Waals surface area contributed by atoms with Crippen molar-refractivity contribution in [3.05, 3.63) is 34.0 Å². The molecular weight excluding hydrogens is 455 g/mol. The number of nitrogens with zero attached hydrogens (tertiary/aromatic N) is 4. The van der Waals surface area contributed by atoms with E-state index in [4.69, 9.17) is 9.52 Å². The molecule has 2 heterocycles. The number of hydrogen-bond acceptors (Lipinski definition) is 4. The number of halogens is 1. The third kappa shape index (κ3) is 6.22. The van der Waals surface area contributed by atoms with Gasteiger partial charge >= 0.3 is 0 Å². The molecule has 1 atom stereocenters. The maximum atomic E-state index is 5.22. The Kier molecular flexibility index (Phi) is 9.28. The Bertz CT molecular complexity index is 745. The Morgan fingerprint density at radius 2 is 1.89 bits per heavy atom. The summed E-state index contributed by atoms with van der Waals surface area (Å²) in [5.41, 5.74) is 5.72. The van der Waals surface area contributed by atoms with Gasteiger partial charge in [-0.3, -0.25) is 9.67 Å². The van der Waals surface area contributed by atoms with Gasteiger partial charge in [-0.15, -0.1) is 24.0 Å². The van der Waals surface area contributed by atoms with E-state index in [0.29, 0.717) is 6.54 Å². The highest BCUT2D eigenvalue weighted by molar-refractivity contribution is 14.0. The lowest BCUT2D eigenvalue weighted by Gasteiger charge is -2.18. The lowest BCUT2D eigenvalue weighted by atomic mass is 10.1. The third-order valence-electron chi connectivity index (χ3n) is 4.71. The largest absolute Gasteiger partial charge is 0.361 e. The molecule has 0 fully saturated rings. The smallest absolute Gasteiger partial charge is 0.191 e. The van der Waals surface area contributed by atoms with Gasteiger partial charge in [0, 0.05) is 37.4 Å². The summed E-state index contributed by atoms with van der Waals surface area (Å²) in [7, 11) is 1.99. The van der Waals surface area contributed by atoms with Crippen molar-refractivity contribution in [2.75, 3.05) is 13.1 Å². The number of nitrogens with one attached hydrogen (secondary N) is 2. The zero-order valence-electron chi connectivity index (χ0n) is 17.5. The number of rotatable bonds is 7. The van der Waals surface area contributed by atoms with E-state index in [1.807, 2.05) is 25.6 Å². The summed E-state index contributed by atoms with van der Waals surface area (Å²) in [5.74, 6) is 1.72. The number of aryl methyl sites for hydroxylation is 4. The second-order valence-electron chi connectivity index (χ2n) is 6.84. The van der Waals surface area contributed by atoms with E-state index < -0.39 is 0 Å². The van der Waals surface area contributed by atoms with Gasteiger partial charge in [0.1, 0.15) is 5.76 Å². The van der Waals surface area contributed by atoms with E-state index in [1.54, 1.807) is 0 Å². The minimum absolute atomic E-state index is 0. The molecule has 0 amide bonds. The fraction of sp³-hybridized carbons (Fsp3) is 0.632. The van der Waals surface area contributed by atoms with E-state index >= 15 is 0 Å². The Hall–Kier alpha value is -1.58. The summed E-state index contributed by atoms with van der Waals surface area (Å²) < 4.78 is 7.16. The van der Waals surface area contributed by atoms with Crippen LogP contribution in [-0.2, 0) is 19.9 Å². The van der Waals surface area contributed by atoms with E-state index in [1.165, 1.54) is 11.3 Å². The topological polar surface area (TPSA) is 80.3 Å². The predicted molar refractivity (Wildman–Crippen MR) is 120 cm³/mol. The predicted octanol–water partition coefficient (Wildman–Crippen LogP) is 2.99. The van der Waals surface area contributed by atoms with Crippen LogP contribution in [0.1, 0.15) is 47.8 Å². The minimum Gasteiger partial charge on any atom is -0.361 e. The molecule has 7 nitrogen and oxygen atoms in total. The van der Waals surface area contributed by atoms with Crippen molar-refractivity contribution in [1.29, 1.82) is 0 Å². The monoisotopic (exact) mass is 488 g/mol. The minimum atomic E-state index is 0. The van der Waals surface area contributed by atoms with Gasteiger partial charge in [-0.2, -0.15) is 5.10 Å². The first kappa shape index (κ1) is 23.5. The molecule has 0 saturated carbocycles.